The van der Waals surface area contributed by atoms with Gasteiger partial charge in [0.1, 0.15) is 11.4 Å². The standard InChI is InChI=1S/C16H13F6N7O2/c1-28-10(6-11(27-28)15(17,18)19)12(30)23-7-3-2-4-29-9(7)5-8(26-29)13-24-25-14(31-13)16(20,21)22/h5-7H,2-4H2,1H3,(H,23,30)/t7-/m0/s1. The van der Waals surface area contributed by atoms with Gasteiger partial charge < -0.3 is 9.73 Å². The number of rotatable bonds is 3. The fourth-order valence-electron chi connectivity index (χ4n) is 3.23. The Kier molecular flexibility index (Phi) is 4.77. The highest BCUT2D eigenvalue weighted by molar-refractivity contribution is 5.93. The first-order chi connectivity index (χ1) is 14.4. The summed E-state index contributed by atoms with van der Waals surface area (Å²) in [7, 11) is 1.21. The van der Waals surface area contributed by atoms with Crippen molar-refractivity contribution in [3.8, 4) is 11.6 Å². The maximum absolute atomic E-state index is 12.8. The van der Waals surface area contributed by atoms with Crippen molar-refractivity contribution in [2.75, 3.05) is 0 Å². The number of amides is 1. The Balaban J connectivity index is 1.57. The van der Waals surface area contributed by atoms with Gasteiger partial charge in [-0.25, -0.2) is 0 Å². The molecule has 4 heterocycles. The summed E-state index contributed by atoms with van der Waals surface area (Å²) in [5.74, 6) is -2.75. The van der Waals surface area contributed by atoms with Gasteiger partial charge in [0, 0.05) is 19.7 Å². The summed E-state index contributed by atoms with van der Waals surface area (Å²) < 4.78 is 83.4. The zero-order valence-electron chi connectivity index (χ0n) is 15.6. The van der Waals surface area contributed by atoms with Gasteiger partial charge >= 0.3 is 18.2 Å². The van der Waals surface area contributed by atoms with Crippen LogP contribution < -0.4 is 5.32 Å². The molecule has 1 amide bonds. The molecule has 0 saturated heterocycles. The molecule has 0 saturated carbocycles. The second kappa shape index (κ2) is 7.09. The van der Waals surface area contributed by atoms with E-state index >= 15 is 0 Å². The Labute approximate surface area is 169 Å². The molecule has 3 aromatic heterocycles. The van der Waals surface area contributed by atoms with Crippen LogP contribution >= 0.6 is 0 Å². The van der Waals surface area contributed by atoms with E-state index in [-0.39, 0.29) is 11.4 Å². The van der Waals surface area contributed by atoms with E-state index in [9.17, 15) is 31.1 Å². The van der Waals surface area contributed by atoms with E-state index < -0.39 is 41.8 Å². The van der Waals surface area contributed by atoms with E-state index in [2.05, 4.69) is 30.1 Å². The number of carbonyl (C=O) groups is 1. The molecule has 1 N–H and O–H groups in total. The van der Waals surface area contributed by atoms with Crippen molar-refractivity contribution in [3.05, 3.63) is 35.1 Å². The van der Waals surface area contributed by atoms with Gasteiger partial charge in [-0.2, -0.15) is 36.5 Å². The monoisotopic (exact) mass is 449 g/mol. The van der Waals surface area contributed by atoms with E-state index in [0.29, 0.717) is 31.1 Å². The molecule has 0 spiro atoms. The Morgan fingerprint density at radius 1 is 1.13 bits per heavy atom. The van der Waals surface area contributed by atoms with E-state index in [1.54, 1.807) is 0 Å². The lowest BCUT2D eigenvalue weighted by Crippen LogP contribution is -2.33. The van der Waals surface area contributed by atoms with Gasteiger partial charge in [-0.05, 0) is 18.9 Å². The SMILES string of the molecule is Cn1nc(C(F)(F)F)cc1C(=O)N[C@H]1CCCn2nc(-c3nnc(C(F)(F)F)o3)cc21. The molecule has 1 aliphatic heterocycles. The van der Waals surface area contributed by atoms with Crippen molar-refractivity contribution in [2.24, 2.45) is 7.05 Å². The molecule has 9 nitrogen and oxygen atoms in total. The number of nitrogens with zero attached hydrogens (tertiary/aromatic N) is 6. The van der Waals surface area contributed by atoms with Crippen LogP contribution in [0.25, 0.3) is 11.6 Å². The number of alkyl halides is 6. The number of nitrogens with one attached hydrogen (secondary N) is 1. The molecule has 1 aliphatic rings. The van der Waals surface area contributed by atoms with Gasteiger partial charge in [-0.3, -0.25) is 14.2 Å². The van der Waals surface area contributed by atoms with Crippen LogP contribution in [0, 0.1) is 0 Å². The van der Waals surface area contributed by atoms with E-state index in [0.717, 1.165) is 4.68 Å². The van der Waals surface area contributed by atoms with Gasteiger partial charge in [-0.15, -0.1) is 10.2 Å². The first-order valence-corrected chi connectivity index (χ1v) is 8.84. The summed E-state index contributed by atoms with van der Waals surface area (Å²) in [4.78, 5) is 12.5. The molecule has 3 aromatic rings. The lowest BCUT2D eigenvalue weighted by atomic mass is 10.0. The summed E-state index contributed by atoms with van der Waals surface area (Å²) in [6, 6.07) is 1.39. The maximum Gasteiger partial charge on any atom is 0.470 e. The molecule has 1 atom stereocenters. The normalized spacial score (nSPS) is 16.9. The predicted molar refractivity (Wildman–Crippen MR) is 88.2 cm³/mol. The molecule has 31 heavy (non-hydrogen) atoms. The molecule has 0 aliphatic carbocycles. The van der Waals surface area contributed by atoms with Crippen LogP contribution in [-0.4, -0.2) is 35.7 Å². The summed E-state index contributed by atoms with van der Waals surface area (Å²) in [6.07, 6.45) is -8.50. The lowest BCUT2D eigenvalue weighted by molar-refractivity contribution is -0.157. The third-order valence-corrected chi connectivity index (χ3v) is 4.63. The van der Waals surface area contributed by atoms with Crippen molar-refractivity contribution < 1.29 is 35.6 Å². The van der Waals surface area contributed by atoms with Crippen molar-refractivity contribution in [3.63, 3.8) is 0 Å². The Morgan fingerprint density at radius 3 is 2.48 bits per heavy atom. The molecule has 0 unspecified atom stereocenters. The highest BCUT2D eigenvalue weighted by Crippen LogP contribution is 2.33. The van der Waals surface area contributed by atoms with Crippen molar-refractivity contribution in [2.45, 2.75) is 37.8 Å². The van der Waals surface area contributed by atoms with Crippen LogP contribution in [-0.2, 0) is 25.9 Å². The smallest absolute Gasteiger partial charge is 0.411 e. The van der Waals surface area contributed by atoms with Gasteiger partial charge in [0.05, 0.1) is 11.7 Å². The highest BCUT2D eigenvalue weighted by Gasteiger charge is 2.39. The average molecular weight is 449 g/mol. The minimum atomic E-state index is -4.81. The van der Waals surface area contributed by atoms with Gasteiger partial charge in [-0.1, -0.05) is 0 Å². The first kappa shape index (κ1) is 20.9. The van der Waals surface area contributed by atoms with Gasteiger partial charge in [0.15, 0.2) is 5.69 Å². The molecule has 0 aromatic carbocycles. The number of hydrogen-bond donors (Lipinski definition) is 1. The van der Waals surface area contributed by atoms with Crippen LogP contribution in [0.5, 0.6) is 0 Å². The average Bonchev–Trinajstić information content (AvgIpc) is 3.38. The molecular formula is C16H13F6N7O2. The quantitative estimate of drug-likeness (QED) is 0.617. The van der Waals surface area contributed by atoms with Crippen molar-refractivity contribution >= 4 is 5.91 Å². The largest absolute Gasteiger partial charge is 0.470 e. The van der Waals surface area contributed by atoms with Gasteiger partial charge in [0.2, 0.25) is 0 Å². The van der Waals surface area contributed by atoms with Gasteiger partial charge in [0.25, 0.3) is 11.8 Å². The Morgan fingerprint density at radius 2 is 1.87 bits per heavy atom. The van der Waals surface area contributed by atoms with E-state index in [1.165, 1.54) is 17.8 Å². The fourth-order valence-corrected chi connectivity index (χ4v) is 3.23. The lowest BCUT2D eigenvalue weighted by Gasteiger charge is -2.24. The van der Waals surface area contributed by atoms with Crippen molar-refractivity contribution in [1.82, 2.24) is 35.1 Å². The number of halogens is 6. The number of aryl methyl sites for hydroxylation is 2. The van der Waals surface area contributed by atoms with Crippen molar-refractivity contribution in [1.29, 1.82) is 0 Å². The molecule has 0 bridgehead atoms. The minimum absolute atomic E-state index is 0.0148. The van der Waals surface area contributed by atoms with E-state index in [1.807, 2.05) is 0 Å². The number of hydrogen-bond acceptors (Lipinski definition) is 6. The fraction of sp³-hybridized carbons (Fsp3) is 0.438. The zero-order chi connectivity index (χ0) is 22.6. The second-order valence-corrected chi connectivity index (χ2v) is 6.79. The van der Waals surface area contributed by atoms with Crippen LogP contribution in [0.4, 0.5) is 26.3 Å². The summed E-state index contributed by atoms with van der Waals surface area (Å²) >= 11 is 0. The number of aromatic nitrogens is 6. The number of fused-ring (bicyclic) bond motifs is 1. The first-order valence-electron chi connectivity index (χ1n) is 8.84. The second-order valence-electron chi connectivity index (χ2n) is 6.79. The predicted octanol–water partition coefficient (Wildman–Crippen LogP) is 2.97. The third-order valence-electron chi connectivity index (χ3n) is 4.63. The Hall–Kier alpha value is -3.39. The highest BCUT2D eigenvalue weighted by atomic mass is 19.4. The molecular weight excluding hydrogens is 436 g/mol. The van der Waals surface area contributed by atoms with E-state index in [4.69, 9.17) is 0 Å². The molecule has 0 fully saturated rings. The van der Waals surface area contributed by atoms with Crippen LogP contribution in [0.1, 0.15) is 46.7 Å². The molecule has 15 heteroatoms. The Bertz CT molecular complexity index is 1130. The van der Waals surface area contributed by atoms with Crippen LogP contribution in [0.15, 0.2) is 16.5 Å². The third kappa shape index (κ3) is 3.98. The molecule has 166 valence electrons. The number of carbonyl (C=O) groups excluding carboxylic acids is 1. The van der Waals surface area contributed by atoms with Crippen LogP contribution in [0.3, 0.4) is 0 Å². The summed E-state index contributed by atoms with van der Waals surface area (Å²) in [5.41, 5.74) is -1.07. The summed E-state index contributed by atoms with van der Waals surface area (Å²) in [5, 5.41) is 16.3. The molecule has 4 rings (SSSR count). The van der Waals surface area contributed by atoms with Crippen LogP contribution in [0.2, 0.25) is 0 Å². The maximum atomic E-state index is 12.8. The zero-order valence-corrected chi connectivity index (χ0v) is 15.6. The minimum Gasteiger partial charge on any atom is -0.411 e. The summed E-state index contributed by atoms with van der Waals surface area (Å²) in [6.45, 7) is 0.423. The topological polar surface area (TPSA) is 104 Å². The molecule has 0 radical (unpaired) electrons.